The Bertz CT molecular complexity index is 668. The Morgan fingerprint density at radius 1 is 1.30 bits per heavy atom. The maximum absolute atomic E-state index is 11.0. The van der Waals surface area contributed by atoms with E-state index in [1.165, 1.54) is 31.5 Å². The van der Waals surface area contributed by atoms with Crippen LogP contribution in [0.5, 0.6) is 11.5 Å². The smallest absolute Gasteiger partial charge is 0.298 e. The molecule has 0 spiro atoms. The highest BCUT2D eigenvalue weighted by molar-refractivity contribution is 5.86. The Labute approximate surface area is 115 Å². The minimum Gasteiger partial charge on any atom is -0.507 e. The van der Waals surface area contributed by atoms with Gasteiger partial charge in [0.05, 0.1) is 18.1 Å². The molecular formula is C14H12N2O4. The van der Waals surface area contributed by atoms with Crippen molar-refractivity contribution < 1.29 is 14.8 Å². The second kappa shape index (κ2) is 5.83. The van der Waals surface area contributed by atoms with Crippen LogP contribution in [0.1, 0.15) is 5.56 Å². The van der Waals surface area contributed by atoms with Crippen molar-refractivity contribution in [2.45, 2.75) is 0 Å². The fourth-order valence-electron chi connectivity index (χ4n) is 1.62. The van der Waals surface area contributed by atoms with Gasteiger partial charge >= 0.3 is 0 Å². The lowest BCUT2D eigenvalue weighted by atomic mass is 10.2. The lowest BCUT2D eigenvalue weighted by molar-refractivity contribution is -0.384. The summed E-state index contributed by atoms with van der Waals surface area (Å²) in [5.41, 5.74) is 0.521. The predicted molar refractivity (Wildman–Crippen MR) is 75.0 cm³/mol. The number of phenolic OH excluding ortho intramolecular Hbond substituents is 1. The highest BCUT2D eigenvalue weighted by Gasteiger charge is 2.14. The molecule has 2 rings (SSSR count). The van der Waals surface area contributed by atoms with Gasteiger partial charge < -0.3 is 9.84 Å². The fraction of sp³-hybridized carbons (Fsp3) is 0.0714. The molecule has 102 valence electrons. The van der Waals surface area contributed by atoms with Gasteiger partial charge in [-0.1, -0.05) is 12.1 Å². The molecule has 0 heterocycles. The Balaban J connectivity index is 2.38. The maximum atomic E-state index is 11.0. The molecule has 0 aromatic heterocycles. The largest absolute Gasteiger partial charge is 0.507 e. The molecule has 1 N–H and O–H groups in total. The SMILES string of the molecule is COc1ccc(N=Cc2ccccc2O)c([N+](=O)[O-])c1. The molecule has 0 aliphatic rings. The number of para-hydroxylation sites is 1. The third-order valence-electron chi connectivity index (χ3n) is 2.66. The molecule has 2 aromatic rings. The molecule has 0 aliphatic heterocycles. The average molecular weight is 272 g/mol. The number of nitro groups is 1. The van der Waals surface area contributed by atoms with Gasteiger partial charge in [-0.15, -0.1) is 0 Å². The van der Waals surface area contributed by atoms with Gasteiger partial charge in [-0.2, -0.15) is 0 Å². The van der Waals surface area contributed by atoms with Gasteiger partial charge in [-0.05, 0) is 24.3 Å². The van der Waals surface area contributed by atoms with E-state index >= 15 is 0 Å². The molecule has 0 amide bonds. The van der Waals surface area contributed by atoms with Gasteiger partial charge in [0, 0.05) is 11.8 Å². The van der Waals surface area contributed by atoms with Gasteiger partial charge in [-0.3, -0.25) is 10.1 Å². The molecule has 2 aromatic carbocycles. The van der Waals surface area contributed by atoms with E-state index in [4.69, 9.17) is 4.74 Å². The van der Waals surface area contributed by atoms with Crippen molar-refractivity contribution >= 4 is 17.6 Å². The topological polar surface area (TPSA) is 85.0 Å². The molecule has 0 aliphatic carbocycles. The van der Waals surface area contributed by atoms with Crippen LogP contribution in [-0.4, -0.2) is 23.4 Å². The summed E-state index contributed by atoms with van der Waals surface area (Å²) in [5, 5.41) is 20.6. The van der Waals surface area contributed by atoms with E-state index in [1.54, 1.807) is 24.3 Å². The van der Waals surface area contributed by atoms with Gasteiger partial charge in [0.15, 0.2) is 0 Å². The molecule has 0 atom stereocenters. The molecular weight excluding hydrogens is 260 g/mol. The Hall–Kier alpha value is -2.89. The Morgan fingerprint density at radius 3 is 2.70 bits per heavy atom. The molecule has 0 fully saturated rings. The first-order valence-electron chi connectivity index (χ1n) is 5.76. The van der Waals surface area contributed by atoms with E-state index < -0.39 is 4.92 Å². The summed E-state index contributed by atoms with van der Waals surface area (Å²) in [6, 6.07) is 11.0. The number of aliphatic imine (C=N–C) groups is 1. The summed E-state index contributed by atoms with van der Waals surface area (Å²) in [5.74, 6) is 0.450. The fourth-order valence-corrected chi connectivity index (χ4v) is 1.62. The summed E-state index contributed by atoms with van der Waals surface area (Å²) >= 11 is 0. The zero-order valence-electron chi connectivity index (χ0n) is 10.7. The van der Waals surface area contributed by atoms with Gasteiger partial charge in [0.25, 0.3) is 5.69 Å². The number of methoxy groups -OCH3 is 1. The average Bonchev–Trinajstić information content (AvgIpc) is 2.46. The second-order valence-corrected chi connectivity index (χ2v) is 3.93. The highest BCUT2D eigenvalue weighted by atomic mass is 16.6. The summed E-state index contributed by atoms with van der Waals surface area (Å²) in [6.07, 6.45) is 1.38. The standard InChI is InChI=1S/C14H12N2O4/c1-20-11-6-7-12(13(8-11)16(18)19)15-9-10-4-2-3-5-14(10)17/h2-9,17H,1H3. The van der Waals surface area contributed by atoms with E-state index in [0.717, 1.165) is 0 Å². The van der Waals surface area contributed by atoms with E-state index in [2.05, 4.69) is 4.99 Å². The van der Waals surface area contributed by atoms with Crippen molar-refractivity contribution in [3.63, 3.8) is 0 Å². The van der Waals surface area contributed by atoms with Crippen molar-refractivity contribution in [1.29, 1.82) is 0 Å². The summed E-state index contributed by atoms with van der Waals surface area (Å²) in [6.45, 7) is 0. The van der Waals surface area contributed by atoms with Crippen LogP contribution in [0.2, 0.25) is 0 Å². The van der Waals surface area contributed by atoms with Crippen LogP contribution < -0.4 is 4.74 Å². The predicted octanol–water partition coefficient (Wildman–Crippen LogP) is 3.06. The van der Waals surface area contributed by atoms with Crippen LogP contribution in [0.15, 0.2) is 47.5 Å². The van der Waals surface area contributed by atoms with Crippen LogP contribution in [0.4, 0.5) is 11.4 Å². The van der Waals surface area contributed by atoms with Gasteiger partial charge in [0.2, 0.25) is 0 Å². The number of hydrogen-bond donors (Lipinski definition) is 1. The highest BCUT2D eigenvalue weighted by Crippen LogP contribution is 2.31. The Kier molecular flexibility index (Phi) is 3.95. The molecule has 20 heavy (non-hydrogen) atoms. The molecule has 6 nitrogen and oxygen atoms in total. The molecule has 0 saturated carbocycles. The second-order valence-electron chi connectivity index (χ2n) is 3.93. The zero-order chi connectivity index (χ0) is 14.5. The van der Waals surface area contributed by atoms with E-state index in [-0.39, 0.29) is 17.1 Å². The third-order valence-corrected chi connectivity index (χ3v) is 2.66. The minimum absolute atomic E-state index is 0.0624. The van der Waals surface area contributed by atoms with Gasteiger partial charge in [0.1, 0.15) is 17.2 Å². The van der Waals surface area contributed by atoms with E-state index in [0.29, 0.717) is 11.3 Å². The third kappa shape index (κ3) is 2.92. The number of phenols is 1. The van der Waals surface area contributed by atoms with Crippen LogP contribution in [0.3, 0.4) is 0 Å². The number of aromatic hydroxyl groups is 1. The van der Waals surface area contributed by atoms with E-state index in [1.807, 2.05) is 0 Å². The van der Waals surface area contributed by atoms with Crippen LogP contribution in [0.25, 0.3) is 0 Å². The number of hydrogen-bond acceptors (Lipinski definition) is 5. The first-order chi connectivity index (χ1) is 9.61. The summed E-state index contributed by atoms with van der Waals surface area (Å²) in [4.78, 5) is 14.5. The van der Waals surface area contributed by atoms with Crippen LogP contribution in [0, 0.1) is 10.1 Å². The molecule has 0 radical (unpaired) electrons. The number of nitro benzene ring substituents is 1. The molecule has 0 unspecified atom stereocenters. The number of ether oxygens (including phenoxy) is 1. The first-order valence-corrected chi connectivity index (χ1v) is 5.76. The van der Waals surface area contributed by atoms with E-state index in [9.17, 15) is 15.2 Å². The molecule has 6 heteroatoms. The van der Waals surface area contributed by atoms with Crippen molar-refractivity contribution in [2.24, 2.45) is 4.99 Å². The maximum Gasteiger partial charge on any atom is 0.298 e. The molecule has 0 saturated heterocycles. The minimum atomic E-state index is -0.528. The van der Waals surface area contributed by atoms with Crippen molar-refractivity contribution in [3.05, 3.63) is 58.1 Å². The monoisotopic (exact) mass is 272 g/mol. The van der Waals surface area contributed by atoms with Crippen LogP contribution in [-0.2, 0) is 0 Å². The lowest BCUT2D eigenvalue weighted by Crippen LogP contribution is -1.91. The van der Waals surface area contributed by atoms with Crippen molar-refractivity contribution in [1.82, 2.24) is 0 Å². The van der Waals surface area contributed by atoms with Gasteiger partial charge in [-0.25, -0.2) is 4.99 Å². The first kappa shape index (κ1) is 13.5. The lowest BCUT2D eigenvalue weighted by Gasteiger charge is -2.02. The molecule has 0 bridgehead atoms. The number of rotatable bonds is 4. The number of nitrogens with zero attached hydrogens (tertiary/aromatic N) is 2. The van der Waals surface area contributed by atoms with Crippen molar-refractivity contribution in [2.75, 3.05) is 7.11 Å². The Morgan fingerprint density at radius 2 is 2.05 bits per heavy atom. The normalized spacial score (nSPS) is 10.7. The number of benzene rings is 2. The summed E-state index contributed by atoms with van der Waals surface area (Å²) in [7, 11) is 1.43. The van der Waals surface area contributed by atoms with Crippen molar-refractivity contribution in [3.8, 4) is 11.5 Å². The quantitative estimate of drug-likeness (QED) is 0.526. The van der Waals surface area contributed by atoms with Crippen LogP contribution >= 0.6 is 0 Å². The summed E-state index contributed by atoms with van der Waals surface area (Å²) < 4.78 is 4.95. The zero-order valence-corrected chi connectivity index (χ0v) is 10.7.